The fraction of sp³-hybridized carbons (Fsp3) is 0.308. The molecular weight excluding hydrogens is 422 g/mol. The van der Waals surface area contributed by atoms with E-state index in [2.05, 4.69) is 0 Å². The number of nitrogens with zero attached hydrogens (tertiary/aromatic N) is 1. The molecule has 2 aromatic carbocycles. The summed E-state index contributed by atoms with van der Waals surface area (Å²) in [6.45, 7) is 1.25. The summed E-state index contributed by atoms with van der Waals surface area (Å²) in [5.74, 6) is -0.408. The van der Waals surface area contributed by atoms with Crippen molar-refractivity contribution in [1.82, 2.24) is 4.90 Å². The quantitative estimate of drug-likeness (QED) is 0.588. The third-order valence-electron chi connectivity index (χ3n) is 5.68. The van der Waals surface area contributed by atoms with Crippen molar-refractivity contribution in [2.45, 2.75) is 24.9 Å². The first-order valence-corrected chi connectivity index (χ1v) is 10.9. The van der Waals surface area contributed by atoms with Gasteiger partial charge in [-0.05, 0) is 42.7 Å². The van der Waals surface area contributed by atoms with Crippen LogP contribution in [0.25, 0.3) is 0 Å². The number of rotatable bonds is 7. The van der Waals surface area contributed by atoms with Crippen LogP contribution in [-0.4, -0.2) is 50.3 Å². The molecule has 7 heteroatoms. The maximum atomic E-state index is 12.8. The molecule has 0 aromatic heterocycles. The van der Waals surface area contributed by atoms with E-state index in [1.807, 2.05) is 59.5 Å². The van der Waals surface area contributed by atoms with E-state index >= 15 is 0 Å². The highest BCUT2D eigenvalue weighted by Crippen LogP contribution is 2.39. The van der Waals surface area contributed by atoms with Crippen molar-refractivity contribution in [2.75, 3.05) is 27.4 Å². The first-order valence-electron chi connectivity index (χ1n) is 10.9. The maximum absolute atomic E-state index is 12.8. The van der Waals surface area contributed by atoms with Gasteiger partial charge in [0.15, 0.2) is 0 Å². The Morgan fingerprint density at radius 1 is 0.939 bits per heavy atom. The van der Waals surface area contributed by atoms with E-state index in [1.54, 1.807) is 12.4 Å². The van der Waals surface area contributed by atoms with Crippen LogP contribution < -0.4 is 4.74 Å². The average Bonchev–Trinajstić information content (AvgIpc) is 3.36. The summed E-state index contributed by atoms with van der Waals surface area (Å²) in [6, 6.07) is 16.7. The standard InChI is InChI=1S/C26H27NO6/c1-30-25(28)22-16-27(15-21-12-7-13-32-21)17-23(26(29)31-2)24(22)18-8-6-11-20(14-18)33-19-9-4-3-5-10-19/h3-6,8-11,14,16-17,21,24H,7,12-13,15H2,1-2H3/t21-/m1/s1. The molecule has 0 unspecified atom stereocenters. The Balaban J connectivity index is 1.70. The van der Waals surface area contributed by atoms with Gasteiger partial charge in [0.1, 0.15) is 11.5 Å². The van der Waals surface area contributed by atoms with Gasteiger partial charge in [0, 0.05) is 25.6 Å². The monoisotopic (exact) mass is 449 g/mol. The second-order valence-electron chi connectivity index (χ2n) is 7.90. The molecule has 2 heterocycles. The predicted molar refractivity (Wildman–Crippen MR) is 122 cm³/mol. The molecule has 0 bridgehead atoms. The van der Waals surface area contributed by atoms with Crippen molar-refractivity contribution < 1.29 is 28.5 Å². The number of carbonyl (C=O) groups excluding carboxylic acids is 2. The van der Waals surface area contributed by atoms with Crippen LogP contribution in [-0.2, 0) is 23.8 Å². The molecule has 1 fully saturated rings. The van der Waals surface area contributed by atoms with Gasteiger partial charge < -0.3 is 23.8 Å². The van der Waals surface area contributed by atoms with Crippen molar-refractivity contribution in [1.29, 1.82) is 0 Å². The van der Waals surface area contributed by atoms with Gasteiger partial charge in [0.05, 0.1) is 37.4 Å². The lowest BCUT2D eigenvalue weighted by Gasteiger charge is -2.31. The fourth-order valence-corrected chi connectivity index (χ4v) is 4.16. The SMILES string of the molecule is COC(=O)C1=CN(C[C@H]2CCCO2)C=C(C(=O)OC)C1c1cccc(Oc2ccccc2)c1. The second-order valence-corrected chi connectivity index (χ2v) is 7.90. The molecule has 0 N–H and O–H groups in total. The van der Waals surface area contributed by atoms with E-state index in [0.29, 0.717) is 34.8 Å². The van der Waals surface area contributed by atoms with E-state index in [-0.39, 0.29) is 6.10 Å². The minimum Gasteiger partial charge on any atom is -0.466 e. The fourth-order valence-electron chi connectivity index (χ4n) is 4.16. The molecule has 2 aliphatic heterocycles. The molecule has 0 amide bonds. The Morgan fingerprint density at radius 2 is 1.61 bits per heavy atom. The van der Waals surface area contributed by atoms with Crippen LogP contribution in [0.2, 0.25) is 0 Å². The Hall–Kier alpha value is -3.58. The first kappa shape index (κ1) is 22.6. The number of esters is 2. The van der Waals surface area contributed by atoms with Gasteiger partial charge in [-0.2, -0.15) is 0 Å². The zero-order valence-corrected chi connectivity index (χ0v) is 18.7. The lowest BCUT2D eigenvalue weighted by molar-refractivity contribution is -0.137. The van der Waals surface area contributed by atoms with Crippen molar-refractivity contribution >= 4 is 11.9 Å². The maximum Gasteiger partial charge on any atom is 0.336 e. The highest BCUT2D eigenvalue weighted by Gasteiger charge is 2.36. The molecule has 2 aliphatic rings. The Morgan fingerprint density at radius 3 is 2.21 bits per heavy atom. The lowest BCUT2D eigenvalue weighted by Crippen LogP contribution is -2.32. The van der Waals surface area contributed by atoms with Gasteiger partial charge >= 0.3 is 11.9 Å². The van der Waals surface area contributed by atoms with Crippen molar-refractivity contribution in [3.05, 3.63) is 83.7 Å². The van der Waals surface area contributed by atoms with Crippen LogP contribution in [0.3, 0.4) is 0 Å². The second kappa shape index (κ2) is 10.4. The highest BCUT2D eigenvalue weighted by atomic mass is 16.5. The van der Waals surface area contributed by atoms with Gasteiger partial charge in [-0.1, -0.05) is 30.3 Å². The van der Waals surface area contributed by atoms with Crippen molar-refractivity contribution in [3.63, 3.8) is 0 Å². The third kappa shape index (κ3) is 5.26. The molecule has 0 radical (unpaired) electrons. The normalized spacial score (nSPS) is 18.4. The summed E-state index contributed by atoms with van der Waals surface area (Å²) >= 11 is 0. The molecule has 1 atom stereocenters. The summed E-state index contributed by atoms with van der Waals surface area (Å²) in [5.41, 5.74) is 1.40. The van der Waals surface area contributed by atoms with E-state index in [1.165, 1.54) is 14.2 Å². The van der Waals surface area contributed by atoms with Crippen LogP contribution in [0.5, 0.6) is 11.5 Å². The van der Waals surface area contributed by atoms with Crippen molar-refractivity contribution in [3.8, 4) is 11.5 Å². The van der Waals surface area contributed by atoms with Gasteiger partial charge in [-0.15, -0.1) is 0 Å². The minimum absolute atomic E-state index is 0.0365. The number of carbonyl (C=O) groups is 2. The zero-order chi connectivity index (χ0) is 23.2. The molecule has 4 rings (SSSR count). The highest BCUT2D eigenvalue weighted by molar-refractivity contribution is 5.98. The van der Waals surface area contributed by atoms with E-state index in [0.717, 1.165) is 19.4 Å². The van der Waals surface area contributed by atoms with Crippen LogP contribution in [0.15, 0.2) is 78.1 Å². The van der Waals surface area contributed by atoms with Crippen LogP contribution >= 0.6 is 0 Å². The van der Waals surface area contributed by atoms with Gasteiger partial charge in [0.2, 0.25) is 0 Å². The van der Waals surface area contributed by atoms with Crippen molar-refractivity contribution in [2.24, 2.45) is 0 Å². The summed E-state index contributed by atoms with van der Waals surface area (Å²) in [7, 11) is 2.66. The number of hydrogen-bond donors (Lipinski definition) is 0. The summed E-state index contributed by atoms with van der Waals surface area (Å²) in [5, 5.41) is 0. The number of para-hydroxylation sites is 1. The van der Waals surface area contributed by atoms with Gasteiger partial charge in [-0.3, -0.25) is 0 Å². The molecule has 0 saturated carbocycles. The van der Waals surface area contributed by atoms with E-state index in [9.17, 15) is 9.59 Å². The number of hydrogen-bond acceptors (Lipinski definition) is 7. The predicted octanol–water partition coefficient (Wildman–Crippen LogP) is 4.17. The molecular formula is C26H27NO6. The number of benzene rings is 2. The van der Waals surface area contributed by atoms with Crippen LogP contribution in [0.1, 0.15) is 24.3 Å². The van der Waals surface area contributed by atoms with E-state index in [4.69, 9.17) is 18.9 Å². The molecule has 7 nitrogen and oxygen atoms in total. The smallest absolute Gasteiger partial charge is 0.336 e. The van der Waals surface area contributed by atoms with E-state index < -0.39 is 17.9 Å². The summed E-state index contributed by atoms with van der Waals surface area (Å²) in [4.78, 5) is 27.4. The number of methoxy groups -OCH3 is 2. The third-order valence-corrected chi connectivity index (χ3v) is 5.68. The van der Waals surface area contributed by atoms with Gasteiger partial charge in [-0.25, -0.2) is 9.59 Å². The largest absolute Gasteiger partial charge is 0.466 e. The first-order chi connectivity index (χ1) is 16.1. The van der Waals surface area contributed by atoms with Gasteiger partial charge in [0.25, 0.3) is 0 Å². The number of ether oxygens (including phenoxy) is 4. The van der Waals surface area contributed by atoms with Crippen LogP contribution in [0.4, 0.5) is 0 Å². The zero-order valence-electron chi connectivity index (χ0n) is 18.7. The molecule has 33 heavy (non-hydrogen) atoms. The Labute approximate surface area is 193 Å². The van der Waals surface area contributed by atoms with Crippen LogP contribution in [0, 0.1) is 0 Å². The summed E-state index contributed by atoms with van der Waals surface area (Å²) < 4.78 is 21.8. The molecule has 0 aliphatic carbocycles. The lowest BCUT2D eigenvalue weighted by atomic mass is 9.83. The molecule has 172 valence electrons. The minimum atomic E-state index is -0.662. The Kier molecular flexibility index (Phi) is 7.10. The average molecular weight is 450 g/mol. The summed E-state index contributed by atoms with van der Waals surface area (Å²) in [6.07, 6.45) is 5.43. The Bertz CT molecular complexity index is 1020. The molecule has 0 spiro atoms. The topological polar surface area (TPSA) is 74.3 Å². The molecule has 2 aromatic rings. The molecule has 1 saturated heterocycles.